The number of hydrogen-bond donors (Lipinski definition) is 2. The van der Waals surface area contributed by atoms with Crippen molar-refractivity contribution in [3.63, 3.8) is 0 Å². The first-order valence-electron chi connectivity index (χ1n) is 7.83. The molecule has 0 saturated heterocycles. The molecule has 2 N–H and O–H groups in total. The minimum Gasteiger partial charge on any atom is -0.360 e. The molecule has 2 rings (SSSR count). The summed E-state index contributed by atoms with van der Waals surface area (Å²) in [6, 6.07) is 0. The van der Waals surface area contributed by atoms with E-state index in [0.29, 0.717) is 11.3 Å². The largest absolute Gasteiger partial charge is 0.360 e. The van der Waals surface area contributed by atoms with Crippen LogP contribution in [0.15, 0.2) is 4.34 Å². The maximum atomic E-state index is 12.7. The van der Waals surface area contributed by atoms with Crippen molar-refractivity contribution in [3.05, 3.63) is 22.5 Å². The van der Waals surface area contributed by atoms with E-state index in [1.165, 1.54) is 30.0 Å². The normalized spacial score (nSPS) is 12.2. The van der Waals surface area contributed by atoms with Gasteiger partial charge in [0.2, 0.25) is 5.13 Å². The highest BCUT2D eigenvalue weighted by Crippen LogP contribution is 2.31. The number of ketones is 2. The minimum absolute atomic E-state index is 0.0311. The van der Waals surface area contributed by atoms with Crippen LogP contribution in [0.25, 0.3) is 0 Å². The zero-order valence-electron chi connectivity index (χ0n) is 14.5. The quantitative estimate of drug-likeness (QED) is 0.545. The van der Waals surface area contributed by atoms with Crippen molar-refractivity contribution < 1.29 is 9.59 Å². The first kappa shape index (κ1) is 18.7. The molecule has 0 aromatic carbocycles. The molecule has 0 aliphatic rings. The van der Waals surface area contributed by atoms with Crippen molar-refractivity contribution in [2.45, 2.75) is 50.6 Å². The van der Waals surface area contributed by atoms with E-state index in [1.54, 1.807) is 0 Å². The predicted octanol–water partition coefficient (Wildman–Crippen LogP) is 3.87. The van der Waals surface area contributed by atoms with Crippen LogP contribution in [0.3, 0.4) is 0 Å². The van der Waals surface area contributed by atoms with Crippen LogP contribution in [0.2, 0.25) is 0 Å². The van der Waals surface area contributed by atoms with Crippen LogP contribution < -0.4 is 5.32 Å². The molecule has 0 fully saturated rings. The van der Waals surface area contributed by atoms with Crippen LogP contribution >= 0.6 is 23.1 Å². The number of anilines is 1. The van der Waals surface area contributed by atoms with E-state index >= 15 is 0 Å². The number of hydrogen-bond acceptors (Lipinski definition) is 7. The Labute approximate surface area is 149 Å². The molecule has 0 bridgehead atoms. The maximum absolute atomic E-state index is 12.7. The number of carbonyl (C=O) groups excluding carboxylic acids is 2. The van der Waals surface area contributed by atoms with Crippen molar-refractivity contribution in [2.75, 3.05) is 11.9 Å². The van der Waals surface area contributed by atoms with Gasteiger partial charge in [0.25, 0.3) is 0 Å². The van der Waals surface area contributed by atoms with Gasteiger partial charge in [-0.3, -0.25) is 9.59 Å². The highest BCUT2D eigenvalue weighted by atomic mass is 32.2. The lowest BCUT2D eigenvalue weighted by Crippen LogP contribution is -2.15. The summed E-state index contributed by atoms with van der Waals surface area (Å²) in [6.07, 6.45) is 1.01. The minimum atomic E-state index is -0.312. The summed E-state index contributed by atoms with van der Waals surface area (Å²) < 4.78 is 0.752. The standard InChI is InChI=1S/C16H22N4O2S2/c1-6-7-17-15-19-20-16(24-15)23-11(5)14(22)13-8(2)12(10(4)21)9(3)18-13/h11,18H,6-7H2,1-5H3,(H,17,19)/t11-/m0/s1. The Balaban J connectivity index is 2.11. The van der Waals surface area contributed by atoms with Crippen molar-refractivity contribution in [1.82, 2.24) is 15.2 Å². The Kier molecular flexibility index (Phi) is 6.17. The number of aromatic amines is 1. The van der Waals surface area contributed by atoms with Crippen LogP contribution in [0, 0.1) is 13.8 Å². The lowest BCUT2D eigenvalue weighted by molar-refractivity contribution is 0.0988. The van der Waals surface area contributed by atoms with Gasteiger partial charge in [-0.1, -0.05) is 30.0 Å². The molecule has 2 heterocycles. The lowest BCUT2D eigenvalue weighted by atomic mass is 10.0. The summed E-state index contributed by atoms with van der Waals surface area (Å²) in [5.41, 5.74) is 2.58. The molecule has 0 spiro atoms. The molecule has 1 atom stereocenters. The number of Topliss-reactive ketones (excluding diaryl/α,β-unsaturated/α-hetero) is 2. The van der Waals surface area contributed by atoms with Crippen LogP contribution in [0.1, 0.15) is 59.3 Å². The van der Waals surface area contributed by atoms with Gasteiger partial charge in [-0.2, -0.15) is 0 Å². The molecule has 0 radical (unpaired) electrons. The molecular formula is C16H22N4O2S2. The first-order valence-corrected chi connectivity index (χ1v) is 9.53. The van der Waals surface area contributed by atoms with Gasteiger partial charge in [0, 0.05) is 17.8 Å². The number of aromatic nitrogens is 3. The number of rotatable bonds is 8. The Hall–Kier alpha value is -1.67. The number of aryl methyl sites for hydroxylation is 1. The van der Waals surface area contributed by atoms with Gasteiger partial charge in [0.05, 0.1) is 10.9 Å². The fourth-order valence-electron chi connectivity index (χ4n) is 2.49. The van der Waals surface area contributed by atoms with Crippen LogP contribution in [0.5, 0.6) is 0 Å². The molecule has 0 aliphatic heterocycles. The number of carbonyl (C=O) groups is 2. The molecule has 2 aromatic rings. The maximum Gasteiger partial charge on any atom is 0.206 e. The zero-order chi connectivity index (χ0) is 17.9. The number of nitrogens with zero attached hydrogens (tertiary/aromatic N) is 2. The molecule has 2 aromatic heterocycles. The number of nitrogens with one attached hydrogen (secondary N) is 2. The molecule has 0 amide bonds. The lowest BCUT2D eigenvalue weighted by Gasteiger charge is -2.07. The van der Waals surface area contributed by atoms with Crippen LogP contribution in [0.4, 0.5) is 5.13 Å². The van der Waals surface area contributed by atoms with Gasteiger partial charge in [-0.25, -0.2) is 0 Å². The molecule has 24 heavy (non-hydrogen) atoms. The van der Waals surface area contributed by atoms with E-state index < -0.39 is 0 Å². The summed E-state index contributed by atoms with van der Waals surface area (Å²) >= 11 is 2.83. The topological polar surface area (TPSA) is 87.7 Å². The van der Waals surface area contributed by atoms with E-state index in [1.807, 2.05) is 20.8 Å². The molecule has 0 aliphatic carbocycles. The summed E-state index contributed by atoms with van der Waals surface area (Å²) in [6.45, 7) is 9.92. The van der Waals surface area contributed by atoms with Crippen molar-refractivity contribution >= 4 is 39.8 Å². The number of H-pyrrole nitrogens is 1. The molecular weight excluding hydrogens is 344 g/mol. The average Bonchev–Trinajstić information content (AvgIpc) is 3.08. The van der Waals surface area contributed by atoms with E-state index in [9.17, 15) is 9.59 Å². The Morgan fingerprint density at radius 3 is 2.62 bits per heavy atom. The highest BCUT2D eigenvalue weighted by Gasteiger charge is 2.25. The van der Waals surface area contributed by atoms with Gasteiger partial charge in [-0.15, -0.1) is 10.2 Å². The summed E-state index contributed by atoms with van der Waals surface area (Å²) in [5, 5.41) is 11.8. The summed E-state index contributed by atoms with van der Waals surface area (Å²) in [4.78, 5) is 27.5. The third-order valence-corrected chi connectivity index (χ3v) is 5.68. The Bertz CT molecular complexity index is 751. The van der Waals surface area contributed by atoms with Gasteiger partial charge < -0.3 is 10.3 Å². The smallest absolute Gasteiger partial charge is 0.206 e. The van der Waals surface area contributed by atoms with Crippen LogP contribution in [-0.2, 0) is 0 Å². The third-order valence-electron chi connectivity index (χ3n) is 3.62. The fourth-order valence-corrected chi connectivity index (χ4v) is 4.47. The summed E-state index contributed by atoms with van der Waals surface area (Å²) in [5.74, 6) is -0.0669. The third kappa shape index (κ3) is 4.05. The molecule has 130 valence electrons. The summed E-state index contributed by atoms with van der Waals surface area (Å²) in [7, 11) is 0. The van der Waals surface area contributed by atoms with E-state index in [-0.39, 0.29) is 16.8 Å². The average molecular weight is 367 g/mol. The van der Waals surface area contributed by atoms with Gasteiger partial charge in [-0.05, 0) is 39.7 Å². The SMILES string of the molecule is CCCNc1nnc(S[C@@H](C)C(=O)c2[nH]c(C)c(C(C)=O)c2C)s1. The van der Waals surface area contributed by atoms with E-state index in [2.05, 4.69) is 27.4 Å². The van der Waals surface area contributed by atoms with Gasteiger partial charge in [0.15, 0.2) is 15.9 Å². The monoisotopic (exact) mass is 366 g/mol. The van der Waals surface area contributed by atoms with Crippen LogP contribution in [-0.4, -0.2) is 38.5 Å². The van der Waals surface area contributed by atoms with Crippen molar-refractivity contribution in [3.8, 4) is 0 Å². The molecule has 6 nitrogen and oxygen atoms in total. The second-order valence-electron chi connectivity index (χ2n) is 5.61. The van der Waals surface area contributed by atoms with E-state index in [4.69, 9.17) is 0 Å². The molecule has 0 unspecified atom stereocenters. The second-order valence-corrected chi connectivity index (χ2v) is 8.17. The zero-order valence-corrected chi connectivity index (χ0v) is 16.2. The van der Waals surface area contributed by atoms with E-state index in [0.717, 1.165) is 33.7 Å². The van der Waals surface area contributed by atoms with Crippen molar-refractivity contribution in [2.24, 2.45) is 0 Å². The Morgan fingerprint density at radius 2 is 2.04 bits per heavy atom. The number of thioether (sulfide) groups is 1. The second kappa shape index (κ2) is 7.94. The first-order chi connectivity index (χ1) is 11.3. The molecule has 0 saturated carbocycles. The van der Waals surface area contributed by atoms with Crippen molar-refractivity contribution in [1.29, 1.82) is 0 Å². The fraction of sp³-hybridized carbons (Fsp3) is 0.500. The molecule has 8 heteroatoms. The Morgan fingerprint density at radius 1 is 1.33 bits per heavy atom. The highest BCUT2D eigenvalue weighted by molar-refractivity contribution is 8.02. The van der Waals surface area contributed by atoms with Gasteiger partial charge >= 0.3 is 0 Å². The van der Waals surface area contributed by atoms with Gasteiger partial charge in [0.1, 0.15) is 0 Å². The predicted molar refractivity (Wildman–Crippen MR) is 98.6 cm³/mol.